The lowest BCUT2D eigenvalue weighted by Crippen LogP contribution is -2.28. The number of nitrogens with zero attached hydrogens (tertiary/aromatic N) is 1. The maximum Gasteiger partial charge on any atom is 0.305 e. The zero-order chi connectivity index (χ0) is 15.3. The van der Waals surface area contributed by atoms with Crippen molar-refractivity contribution in [2.75, 3.05) is 26.4 Å². The molecule has 0 fully saturated rings. The predicted octanol–water partition coefficient (Wildman–Crippen LogP) is 2.60. The van der Waals surface area contributed by atoms with Gasteiger partial charge in [0.1, 0.15) is 0 Å². The number of nitrogens with two attached hydrogens (primary N) is 1. The summed E-state index contributed by atoms with van der Waals surface area (Å²) in [5, 5.41) is 0.479. The molecule has 1 aromatic rings. The van der Waals surface area contributed by atoms with Gasteiger partial charge in [-0.05, 0) is 18.6 Å². The van der Waals surface area contributed by atoms with Crippen molar-refractivity contribution >= 4 is 40.8 Å². The minimum atomic E-state index is -0.301. The van der Waals surface area contributed by atoms with Crippen molar-refractivity contribution in [1.29, 1.82) is 0 Å². The third kappa shape index (κ3) is 4.28. The van der Waals surface area contributed by atoms with Crippen LogP contribution in [0.2, 0.25) is 10.0 Å². The molecule has 0 spiro atoms. The highest BCUT2D eigenvalue weighted by atomic mass is 35.5. The fraction of sp³-hybridized carbons (Fsp3) is 0.385. The van der Waals surface area contributed by atoms with Crippen LogP contribution in [0, 0.1) is 0 Å². The molecule has 20 heavy (non-hydrogen) atoms. The van der Waals surface area contributed by atoms with Crippen LogP contribution >= 0.6 is 23.2 Å². The lowest BCUT2D eigenvalue weighted by molar-refractivity contribution is -0.140. The van der Waals surface area contributed by atoms with Crippen molar-refractivity contribution in [3.8, 4) is 0 Å². The molecular formula is C13H16Cl2N2O3. The van der Waals surface area contributed by atoms with E-state index in [0.717, 1.165) is 0 Å². The molecule has 0 aliphatic rings. The maximum atomic E-state index is 12.2. The summed E-state index contributed by atoms with van der Waals surface area (Å²) in [4.78, 5) is 24.6. The molecule has 0 aliphatic heterocycles. The molecule has 110 valence electrons. The van der Waals surface area contributed by atoms with Gasteiger partial charge in [0.05, 0.1) is 22.8 Å². The van der Waals surface area contributed by atoms with Crippen molar-refractivity contribution in [3.05, 3.63) is 27.7 Å². The second kappa shape index (κ2) is 7.36. The molecule has 1 amide bonds. The summed E-state index contributed by atoms with van der Waals surface area (Å²) in [7, 11) is 2.97. The van der Waals surface area contributed by atoms with E-state index in [4.69, 9.17) is 28.9 Å². The molecule has 2 N–H and O–H groups in total. The zero-order valence-corrected chi connectivity index (χ0v) is 12.8. The molecule has 0 bridgehead atoms. The number of benzene rings is 1. The van der Waals surface area contributed by atoms with E-state index in [9.17, 15) is 9.59 Å². The topological polar surface area (TPSA) is 72.6 Å². The van der Waals surface area contributed by atoms with E-state index in [0.29, 0.717) is 18.5 Å². The lowest BCUT2D eigenvalue weighted by atomic mass is 10.1. The number of methoxy groups -OCH3 is 1. The van der Waals surface area contributed by atoms with Crippen molar-refractivity contribution < 1.29 is 14.3 Å². The number of rotatable bonds is 5. The van der Waals surface area contributed by atoms with Crippen LogP contribution in [0.1, 0.15) is 23.2 Å². The highest BCUT2D eigenvalue weighted by Crippen LogP contribution is 2.29. The summed E-state index contributed by atoms with van der Waals surface area (Å²) < 4.78 is 4.53. The molecule has 1 aromatic carbocycles. The first-order chi connectivity index (χ1) is 9.36. The Kier molecular flexibility index (Phi) is 6.10. The zero-order valence-electron chi connectivity index (χ0n) is 11.3. The van der Waals surface area contributed by atoms with Gasteiger partial charge in [-0.3, -0.25) is 9.59 Å². The normalized spacial score (nSPS) is 10.2. The van der Waals surface area contributed by atoms with Crippen molar-refractivity contribution in [2.45, 2.75) is 12.8 Å². The van der Waals surface area contributed by atoms with Gasteiger partial charge in [0, 0.05) is 25.6 Å². The van der Waals surface area contributed by atoms with Gasteiger partial charge in [0.25, 0.3) is 5.91 Å². The molecule has 0 aliphatic carbocycles. The Labute approximate surface area is 127 Å². The van der Waals surface area contributed by atoms with Crippen LogP contribution in [0.3, 0.4) is 0 Å². The van der Waals surface area contributed by atoms with Crippen molar-refractivity contribution in [2.24, 2.45) is 0 Å². The highest BCUT2D eigenvalue weighted by molar-refractivity contribution is 6.39. The largest absolute Gasteiger partial charge is 0.469 e. The van der Waals surface area contributed by atoms with Gasteiger partial charge < -0.3 is 15.4 Å². The molecule has 0 radical (unpaired) electrons. The predicted molar refractivity (Wildman–Crippen MR) is 79.1 cm³/mol. The number of halogens is 2. The molecule has 0 atom stereocenters. The minimum absolute atomic E-state index is 0.237. The number of ether oxygens (including phenoxy) is 1. The first-order valence-electron chi connectivity index (χ1n) is 5.93. The van der Waals surface area contributed by atoms with Crippen LogP contribution in [-0.2, 0) is 9.53 Å². The molecule has 1 rings (SSSR count). The van der Waals surface area contributed by atoms with Gasteiger partial charge in [0.15, 0.2) is 0 Å². The Morgan fingerprint density at radius 1 is 1.30 bits per heavy atom. The summed E-state index contributed by atoms with van der Waals surface area (Å²) in [5.41, 5.74) is 6.22. The second-order valence-corrected chi connectivity index (χ2v) is 5.07. The van der Waals surface area contributed by atoms with Gasteiger partial charge in [0.2, 0.25) is 0 Å². The van der Waals surface area contributed by atoms with Gasteiger partial charge in [-0.15, -0.1) is 0 Å². The summed E-state index contributed by atoms with van der Waals surface area (Å²) in [6.45, 7) is 0.424. The molecule has 7 heteroatoms. The molecule has 0 aromatic heterocycles. The third-order valence-electron chi connectivity index (χ3n) is 2.77. The van der Waals surface area contributed by atoms with E-state index in [1.807, 2.05) is 0 Å². The minimum Gasteiger partial charge on any atom is -0.469 e. The fourth-order valence-electron chi connectivity index (χ4n) is 1.59. The number of carbonyl (C=O) groups is 2. The van der Waals surface area contributed by atoms with Crippen LogP contribution < -0.4 is 5.73 Å². The van der Waals surface area contributed by atoms with Gasteiger partial charge in [-0.1, -0.05) is 23.2 Å². The van der Waals surface area contributed by atoms with E-state index in [1.165, 1.54) is 24.1 Å². The number of esters is 1. The summed E-state index contributed by atoms with van der Waals surface area (Å²) >= 11 is 11.8. The average Bonchev–Trinajstić information content (AvgIpc) is 2.42. The van der Waals surface area contributed by atoms with Gasteiger partial charge in [-0.2, -0.15) is 0 Å². The molecule has 0 heterocycles. The number of amides is 1. The van der Waals surface area contributed by atoms with Crippen LogP contribution in [-0.4, -0.2) is 37.5 Å². The number of anilines is 1. The summed E-state index contributed by atoms with van der Waals surface area (Å²) in [6, 6.07) is 2.95. The molecule has 5 nitrogen and oxygen atoms in total. The van der Waals surface area contributed by atoms with Gasteiger partial charge in [-0.25, -0.2) is 0 Å². The van der Waals surface area contributed by atoms with E-state index >= 15 is 0 Å². The van der Waals surface area contributed by atoms with E-state index in [1.54, 1.807) is 7.05 Å². The van der Waals surface area contributed by atoms with E-state index in [2.05, 4.69) is 4.74 Å². The third-order valence-corrected chi connectivity index (χ3v) is 3.40. The van der Waals surface area contributed by atoms with Crippen LogP contribution in [0.15, 0.2) is 12.1 Å². The summed E-state index contributed by atoms with van der Waals surface area (Å²) in [5.74, 6) is -0.539. The fourth-order valence-corrected chi connectivity index (χ4v) is 2.08. The smallest absolute Gasteiger partial charge is 0.305 e. The Bertz CT molecular complexity index is 497. The SMILES string of the molecule is COC(=O)CCCN(C)C(=O)c1cc(Cl)c(N)c(Cl)c1. The average molecular weight is 319 g/mol. The van der Waals surface area contributed by atoms with E-state index < -0.39 is 0 Å². The van der Waals surface area contributed by atoms with Crippen molar-refractivity contribution in [3.63, 3.8) is 0 Å². The van der Waals surface area contributed by atoms with Crippen molar-refractivity contribution in [1.82, 2.24) is 4.90 Å². The molecule has 0 saturated carbocycles. The number of hydrogen-bond donors (Lipinski definition) is 1. The lowest BCUT2D eigenvalue weighted by Gasteiger charge is -2.17. The first kappa shape index (κ1) is 16.6. The Hall–Kier alpha value is -1.46. The van der Waals surface area contributed by atoms with E-state index in [-0.39, 0.29) is 34.0 Å². The maximum absolute atomic E-state index is 12.2. The molecule has 0 unspecified atom stereocenters. The van der Waals surface area contributed by atoms with Crippen LogP contribution in [0.25, 0.3) is 0 Å². The second-order valence-electron chi connectivity index (χ2n) is 4.26. The monoisotopic (exact) mass is 318 g/mol. The van der Waals surface area contributed by atoms with Crippen LogP contribution in [0.4, 0.5) is 5.69 Å². The van der Waals surface area contributed by atoms with Crippen LogP contribution in [0.5, 0.6) is 0 Å². The number of nitrogen functional groups attached to an aromatic ring is 1. The first-order valence-corrected chi connectivity index (χ1v) is 6.69. The Morgan fingerprint density at radius 2 is 1.85 bits per heavy atom. The summed E-state index contributed by atoms with van der Waals surface area (Å²) in [6.07, 6.45) is 0.780. The standard InChI is InChI=1S/C13H16Cl2N2O3/c1-17(5-3-4-11(18)20-2)13(19)8-6-9(14)12(16)10(15)7-8/h6-7H,3-5,16H2,1-2H3. The number of hydrogen-bond acceptors (Lipinski definition) is 4. The number of carbonyl (C=O) groups excluding carboxylic acids is 2. The van der Waals surface area contributed by atoms with Gasteiger partial charge >= 0.3 is 5.97 Å². The highest BCUT2D eigenvalue weighted by Gasteiger charge is 2.15. The Balaban J connectivity index is 2.67. The quantitative estimate of drug-likeness (QED) is 0.669. The molecular weight excluding hydrogens is 303 g/mol. The molecule has 0 saturated heterocycles. The Morgan fingerprint density at radius 3 is 2.35 bits per heavy atom.